The van der Waals surface area contributed by atoms with Crippen molar-refractivity contribution in [2.24, 2.45) is 0 Å². The van der Waals surface area contributed by atoms with Gasteiger partial charge >= 0.3 is 0 Å². The van der Waals surface area contributed by atoms with E-state index in [1.165, 1.54) is 0 Å². The summed E-state index contributed by atoms with van der Waals surface area (Å²) >= 11 is 3.39. The van der Waals surface area contributed by atoms with Gasteiger partial charge in [0.2, 0.25) is 0 Å². The van der Waals surface area contributed by atoms with E-state index in [1.54, 1.807) is 6.08 Å². The molecule has 0 saturated heterocycles. The van der Waals surface area contributed by atoms with Crippen LogP contribution in [0, 0.1) is 18.3 Å². The van der Waals surface area contributed by atoms with Crippen molar-refractivity contribution in [3.63, 3.8) is 0 Å². The third-order valence-electron chi connectivity index (χ3n) is 1.90. The molecule has 0 unspecified atom stereocenters. The number of halogens is 1. The number of rotatable bonds is 2. The van der Waals surface area contributed by atoms with E-state index in [4.69, 9.17) is 5.26 Å². The van der Waals surface area contributed by atoms with Gasteiger partial charge in [0.25, 0.3) is 0 Å². The fourth-order valence-electron chi connectivity index (χ4n) is 1.07. The number of hydrogen-bond donors (Lipinski definition) is 0. The van der Waals surface area contributed by atoms with Crippen LogP contribution < -0.4 is 0 Å². The molecule has 0 aliphatic carbocycles. The molecule has 2 heteroatoms. The van der Waals surface area contributed by atoms with Gasteiger partial charge in [-0.3, -0.25) is 0 Å². The Balaban J connectivity index is 3.20. The monoisotopic (exact) mass is 247 g/mol. The van der Waals surface area contributed by atoms with Gasteiger partial charge in [0.05, 0.1) is 11.6 Å². The number of benzene rings is 1. The van der Waals surface area contributed by atoms with E-state index in [9.17, 15) is 0 Å². The minimum atomic E-state index is 0.575. The van der Waals surface area contributed by atoms with Crippen molar-refractivity contribution >= 4 is 22.0 Å². The smallest absolute Gasteiger partial charge is 0.0991 e. The van der Waals surface area contributed by atoms with E-state index in [0.717, 1.165) is 15.6 Å². The molecule has 1 aromatic carbocycles. The minimum absolute atomic E-state index is 0.575. The quantitative estimate of drug-likeness (QED) is 0.576. The topological polar surface area (TPSA) is 23.8 Å². The first kappa shape index (κ1) is 10.7. The molecule has 0 saturated carbocycles. The second kappa shape index (κ2) is 4.78. The van der Waals surface area contributed by atoms with E-state index in [1.807, 2.05) is 31.2 Å². The fourth-order valence-corrected chi connectivity index (χ4v) is 1.45. The van der Waals surface area contributed by atoms with Crippen LogP contribution in [0.4, 0.5) is 0 Å². The van der Waals surface area contributed by atoms with Gasteiger partial charge < -0.3 is 0 Å². The summed E-state index contributed by atoms with van der Waals surface area (Å²) in [4.78, 5) is 0. The Hall–Kier alpha value is -1.33. The predicted octanol–water partition coefficient (Wildman–Crippen LogP) is 3.85. The molecule has 0 aliphatic rings. The Kier molecular flexibility index (Phi) is 3.67. The number of hydrogen-bond acceptors (Lipinski definition) is 1. The lowest BCUT2D eigenvalue weighted by Gasteiger charge is -2.00. The lowest BCUT2D eigenvalue weighted by Crippen LogP contribution is -1.81. The molecule has 1 aromatic rings. The molecule has 1 nitrogen and oxygen atoms in total. The van der Waals surface area contributed by atoms with E-state index >= 15 is 0 Å². The van der Waals surface area contributed by atoms with Gasteiger partial charge in [0.1, 0.15) is 0 Å². The summed E-state index contributed by atoms with van der Waals surface area (Å²) in [7, 11) is 0. The fraction of sp³-hybridized carbons (Fsp3) is 0.0833. The largest absolute Gasteiger partial charge is 0.192 e. The van der Waals surface area contributed by atoms with Crippen LogP contribution in [0.3, 0.4) is 0 Å². The molecule has 0 radical (unpaired) electrons. The molecule has 0 atom stereocenters. The average Bonchev–Trinajstić information content (AvgIpc) is 2.19. The third kappa shape index (κ3) is 2.58. The Morgan fingerprint density at radius 3 is 2.86 bits per heavy atom. The highest BCUT2D eigenvalue weighted by atomic mass is 79.9. The van der Waals surface area contributed by atoms with E-state index in [-0.39, 0.29) is 0 Å². The van der Waals surface area contributed by atoms with Crippen LogP contribution in [0.25, 0.3) is 6.08 Å². The van der Waals surface area contributed by atoms with E-state index in [0.29, 0.717) is 5.57 Å². The van der Waals surface area contributed by atoms with Crippen LogP contribution in [0.2, 0.25) is 0 Å². The van der Waals surface area contributed by atoms with Crippen molar-refractivity contribution in [2.45, 2.75) is 6.92 Å². The second-order valence-corrected chi connectivity index (χ2v) is 3.83. The van der Waals surface area contributed by atoms with Crippen molar-refractivity contribution in [3.8, 4) is 6.07 Å². The standard InChI is InChI=1S/C12H10BrN/c1-3-10(8-14)6-11-7-12(13)5-4-9(11)2/h3-7H,1H2,2H3. The van der Waals surface area contributed by atoms with Gasteiger partial charge in [-0.2, -0.15) is 5.26 Å². The zero-order valence-corrected chi connectivity index (χ0v) is 9.51. The van der Waals surface area contributed by atoms with Crippen molar-refractivity contribution in [3.05, 3.63) is 52.0 Å². The first-order valence-electron chi connectivity index (χ1n) is 4.17. The first-order valence-corrected chi connectivity index (χ1v) is 4.97. The van der Waals surface area contributed by atoms with Crippen molar-refractivity contribution in [1.82, 2.24) is 0 Å². The number of aryl methyl sites for hydroxylation is 1. The summed E-state index contributed by atoms with van der Waals surface area (Å²) in [5.41, 5.74) is 2.75. The Bertz CT molecular complexity index is 424. The maximum Gasteiger partial charge on any atom is 0.0991 e. The summed E-state index contributed by atoms with van der Waals surface area (Å²) in [5, 5.41) is 8.75. The number of nitrogens with zero attached hydrogens (tertiary/aromatic N) is 1. The maximum atomic E-state index is 8.75. The summed E-state index contributed by atoms with van der Waals surface area (Å²) in [6, 6.07) is 8.04. The molecular formula is C12H10BrN. The summed E-state index contributed by atoms with van der Waals surface area (Å²) < 4.78 is 1.01. The Morgan fingerprint density at radius 2 is 2.29 bits per heavy atom. The van der Waals surface area contributed by atoms with Crippen LogP contribution in [0.5, 0.6) is 0 Å². The highest BCUT2D eigenvalue weighted by Crippen LogP contribution is 2.18. The normalized spacial score (nSPS) is 10.8. The van der Waals surface area contributed by atoms with Crippen molar-refractivity contribution in [1.29, 1.82) is 5.26 Å². The molecule has 1 rings (SSSR count). The lowest BCUT2D eigenvalue weighted by atomic mass is 10.1. The summed E-state index contributed by atoms with van der Waals surface area (Å²) in [5.74, 6) is 0. The average molecular weight is 248 g/mol. The predicted molar refractivity (Wildman–Crippen MR) is 62.7 cm³/mol. The molecule has 0 N–H and O–H groups in total. The minimum Gasteiger partial charge on any atom is -0.192 e. The number of allylic oxidation sites excluding steroid dienone is 2. The molecule has 0 amide bonds. The molecule has 0 spiro atoms. The Morgan fingerprint density at radius 1 is 1.57 bits per heavy atom. The molecule has 70 valence electrons. The molecule has 0 aliphatic heterocycles. The zero-order valence-electron chi connectivity index (χ0n) is 7.92. The molecule has 0 heterocycles. The summed E-state index contributed by atoms with van der Waals surface area (Å²) in [6.07, 6.45) is 3.38. The van der Waals surface area contributed by atoms with E-state index in [2.05, 4.69) is 28.6 Å². The Labute approximate surface area is 92.5 Å². The van der Waals surface area contributed by atoms with Crippen LogP contribution in [-0.2, 0) is 0 Å². The van der Waals surface area contributed by atoms with Gasteiger partial charge in [0, 0.05) is 4.47 Å². The van der Waals surface area contributed by atoms with Gasteiger partial charge in [-0.05, 0) is 36.3 Å². The van der Waals surface area contributed by atoms with Crippen LogP contribution in [-0.4, -0.2) is 0 Å². The molecule has 14 heavy (non-hydrogen) atoms. The second-order valence-electron chi connectivity index (χ2n) is 2.92. The molecule has 0 aromatic heterocycles. The zero-order chi connectivity index (χ0) is 10.6. The van der Waals surface area contributed by atoms with Crippen LogP contribution >= 0.6 is 15.9 Å². The third-order valence-corrected chi connectivity index (χ3v) is 2.39. The first-order chi connectivity index (χ1) is 6.67. The maximum absolute atomic E-state index is 8.75. The van der Waals surface area contributed by atoms with Crippen molar-refractivity contribution < 1.29 is 0 Å². The van der Waals surface area contributed by atoms with Gasteiger partial charge in [0.15, 0.2) is 0 Å². The highest BCUT2D eigenvalue weighted by Gasteiger charge is 1.97. The number of nitriles is 1. The molecular weight excluding hydrogens is 238 g/mol. The van der Waals surface area contributed by atoms with Gasteiger partial charge in [-0.1, -0.05) is 34.7 Å². The summed E-state index contributed by atoms with van der Waals surface area (Å²) in [6.45, 7) is 5.59. The van der Waals surface area contributed by atoms with Crippen LogP contribution in [0.15, 0.2) is 40.9 Å². The van der Waals surface area contributed by atoms with E-state index < -0.39 is 0 Å². The van der Waals surface area contributed by atoms with Gasteiger partial charge in [-0.15, -0.1) is 0 Å². The lowest BCUT2D eigenvalue weighted by molar-refractivity contribution is 1.42. The van der Waals surface area contributed by atoms with Gasteiger partial charge in [-0.25, -0.2) is 0 Å². The SMILES string of the molecule is C=CC(C#N)=Cc1cc(Br)ccc1C. The van der Waals surface area contributed by atoms with Crippen LogP contribution in [0.1, 0.15) is 11.1 Å². The molecule has 0 bridgehead atoms. The molecule has 0 fully saturated rings. The highest BCUT2D eigenvalue weighted by molar-refractivity contribution is 9.10. The van der Waals surface area contributed by atoms with Crippen molar-refractivity contribution in [2.75, 3.05) is 0 Å².